The highest BCUT2D eigenvalue weighted by atomic mass is 32.2. The van der Waals surface area contributed by atoms with Crippen LogP contribution < -0.4 is 5.32 Å². The molecule has 1 saturated heterocycles. The highest BCUT2D eigenvalue weighted by Gasteiger charge is 2.39. The zero-order valence-electron chi connectivity index (χ0n) is 13.4. The minimum absolute atomic E-state index is 0.00124. The zero-order chi connectivity index (χ0) is 15.7. The first kappa shape index (κ1) is 15.9. The zero-order valence-corrected chi connectivity index (χ0v) is 14.2. The van der Waals surface area contributed by atoms with Crippen molar-refractivity contribution in [3.63, 3.8) is 0 Å². The molecule has 3 rings (SSSR count). The molecule has 5 nitrogen and oxygen atoms in total. The van der Waals surface area contributed by atoms with E-state index < -0.39 is 0 Å². The summed E-state index contributed by atoms with van der Waals surface area (Å²) in [5.74, 6) is 0.141. The Morgan fingerprint density at radius 3 is 2.77 bits per heavy atom. The van der Waals surface area contributed by atoms with Gasteiger partial charge in [0.25, 0.3) is 0 Å². The second kappa shape index (κ2) is 6.62. The topological polar surface area (TPSA) is 52.7 Å². The predicted octanol–water partition coefficient (Wildman–Crippen LogP) is 1.21. The summed E-state index contributed by atoms with van der Waals surface area (Å²) in [6, 6.07) is -0.260. The molecule has 122 valence electrons. The van der Waals surface area contributed by atoms with E-state index in [0.29, 0.717) is 0 Å². The second-order valence-corrected chi connectivity index (χ2v) is 7.74. The van der Waals surface area contributed by atoms with E-state index in [1.54, 1.807) is 18.8 Å². The van der Waals surface area contributed by atoms with Gasteiger partial charge in [0.05, 0.1) is 5.25 Å². The molecule has 1 fully saturated rings. The molecule has 0 saturated carbocycles. The standard InChI is InChI=1S/C16H25N3O2S/c1-17-15(20)12-4-3-7-19(12)16(21)14-10-11-5-8-18(2)9-6-13(11)22-14/h12,14H,3-10H2,1-2H3,(H,17,20)/t12-,14?/m0/s1. The quantitative estimate of drug-likeness (QED) is 0.830. The molecule has 0 spiro atoms. The van der Waals surface area contributed by atoms with E-state index in [1.807, 2.05) is 4.90 Å². The number of amides is 2. The average molecular weight is 323 g/mol. The minimum atomic E-state index is -0.260. The number of carbonyl (C=O) groups is 2. The first-order valence-corrected chi connectivity index (χ1v) is 9.06. The number of hydrogen-bond acceptors (Lipinski definition) is 4. The fourth-order valence-corrected chi connectivity index (χ4v) is 5.06. The van der Waals surface area contributed by atoms with Crippen molar-refractivity contribution < 1.29 is 9.59 Å². The molecule has 1 unspecified atom stereocenters. The van der Waals surface area contributed by atoms with E-state index >= 15 is 0 Å². The smallest absolute Gasteiger partial charge is 0.242 e. The number of nitrogens with one attached hydrogen (secondary N) is 1. The summed E-state index contributed by atoms with van der Waals surface area (Å²) < 4.78 is 0. The van der Waals surface area contributed by atoms with Crippen LogP contribution in [0.1, 0.15) is 32.1 Å². The van der Waals surface area contributed by atoms with E-state index in [-0.39, 0.29) is 23.1 Å². The molecule has 0 bridgehead atoms. The molecule has 3 aliphatic rings. The fraction of sp³-hybridized carbons (Fsp3) is 0.750. The molecule has 0 aliphatic carbocycles. The number of hydrogen-bond donors (Lipinski definition) is 1. The monoisotopic (exact) mass is 323 g/mol. The molecule has 2 atom stereocenters. The second-order valence-electron chi connectivity index (χ2n) is 6.44. The molecular formula is C16H25N3O2S. The summed E-state index contributed by atoms with van der Waals surface area (Å²) in [7, 11) is 3.81. The maximum absolute atomic E-state index is 12.9. The molecule has 2 amide bonds. The summed E-state index contributed by atoms with van der Waals surface area (Å²) >= 11 is 1.76. The normalized spacial score (nSPS) is 29.5. The summed E-state index contributed by atoms with van der Waals surface area (Å²) in [5, 5.41) is 2.69. The number of carbonyl (C=O) groups excluding carboxylic acids is 2. The van der Waals surface area contributed by atoms with E-state index in [2.05, 4.69) is 17.3 Å². The van der Waals surface area contributed by atoms with Gasteiger partial charge in [-0.1, -0.05) is 5.57 Å². The van der Waals surface area contributed by atoms with Crippen molar-refractivity contribution >= 4 is 23.6 Å². The molecule has 0 aromatic rings. The van der Waals surface area contributed by atoms with Crippen LogP contribution in [0.5, 0.6) is 0 Å². The van der Waals surface area contributed by atoms with Crippen LogP contribution in [-0.2, 0) is 9.59 Å². The lowest BCUT2D eigenvalue weighted by atomic mass is 10.1. The van der Waals surface area contributed by atoms with Gasteiger partial charge in [-0.3, -0.25) is 9.59 Å². The summed E-state index contributed by atoms with van der Waals surface area (Å²) in [4.78, 5) is 30.4. The van der Waals surface area contributed by atoms with Crippen molar-refractivity contribution in [1.82, 2.24) is 15.1 Å². The summed E-state index contributed by atoms with van der Waals surface area (Å²) in [6.45, 7) is 2.89. The van der Waals surface area contributed by atoms with Gasteiger partial charge >= 0.3 is 0 Å². The van der Waals surface area contributed by atoms with E-state index in [4.69, 9.17) is 0 Å². The molecule has 0 aromatic heterocycles. The molecular weight excluding hydrogens is 298 g/mol. The Bertz CT molecular complexity index is 486. The van der Waals surface area contributed by atoms with Crippen molar-refractivity contribution in [2.24, 2.45) is 0 Å². The Morgan fingerprint density at radius 2 is 2.00 bits per heavy atom. The summed E-state index contributed by atoms with van der Waals surface area (Å²) in [6.07, 6.45) is 4.75. The molecule has 3 heterocycles. The third-order valence-electron chi connectivity index (χ3n) is 4.99. The van der Waals surface area contributed by atoms with Crippen LogP contribution >= 0.6 is 11.8 Å². The van der Waals surface area contributed by atoms with E-state index in [1.165, 1.54) is 10.5 Å². The molecule has 0 radical (unpaired) electrons. The van der Waals surface area contributed by atoms with Gasteiger partial charge in [0.15, 0.2) is 0 Å². The lowest BCUT2D eigenvalue weighted by Gasteiger charge is -2.26. The Morgan fingerprint density at radius 1 is 1.23 bits per heavy atom. The molecule has 6 heteroatoms. The van der Waals surface area contributed by atoms with E-state index in [9.17, 15) is 9.59 Å². The SMILES string of the molecule is CNC(=O)[C@@H]1CCCN1C(=O)C1CC2=C(CCN(C)CC2)S1. The number of thioether (sulfide) groups is 1. The van der Waals surface area contributed by atoms with Crippen molar-refractivity contribution in [1.29, 1.82) is 0 Å². The Balaban J connectivity index is 1.64. The first-order chi connectivity index (χ1) is 10.6. The first-order valence-electron chi connectivity index (χ1n) is 8.18. The highest BCUT2D eigenvalue weighted by Crippen LogP contribution is 2.43. The third kappa shape index (κ3) is 3.04. The highest BCUT2D eigenvalue weighted by molar-refractivity contribution is 8.04. The van der Waals surface area contributed by atoms with Gasteiger partial charge in [-0.05, 0) is 44.1 Å². The predicted molar refractivity (Wildman–Crippen MR) is 88.6 cm³/mol. The Labute approximate surface area is 136 Å². The molecule has 0 aromatic carbocycles. The van der Waals surface area contributed by atoms with Crippen molar-refractivity contribution in [2.75, 3.05) is 33.7 Å². The van der Waals surface area contributed by atoms with Crippen molar-refractivity contribution in [3.05, 3.63) is 10.5 Å². The van der Waals surface area contributed by atoms with Gasteiger partial charge in [0, 0.05) is 26.7 Å². The van der Waals surface area contributed by atoms with Crippen LogP contribution in [0.3, 0.4) is 0 Å². The van der Waals surface area contributed by atoms with Gasteiger partial charge in [-0.25, -0.2) is 0 Å². The van der Waals surface area contributed by atoms with E-state index in [0.717, 1.165) is 51.7 Å². The Kier molecular flexibility index (Phi) is 4.78. The molecule has 22 heavy (non-hydrogen) atoms. The Hall–Kier alpha value is -1.01. The van der Waals surface area contributed by atoms with Gasteiger partial charge in [0.2, 0.25) is 11.8 Å². The van der Waals surface area contributed by atoms with Gasteiger partial charge in [0.1, 0.15) is 6.04 Å². The fourth-order valence-electron chi connectivity index (χ4n) is 3.63. The van der Waals surface area contributed by atoms with Crippen LogP contribution in [0, 0.1) is 0 Å². The lowest BCUT2D eigenvalue weighted by molar-refractivity contribution is -0.137. The van der Waals surface area contributed by atoms with Crippen LogP contribution in [0.4, 0.5) is 0 Å². The number of rotatable bonds is 2. The minimum Gasteiger partial charge on any atom is -0.357 e. The van der Waals surface area contributed by atoms with Crippen LogP contribution in [0.25, 0.3) is 0 Å². The molecule has 3 aliphatic heterocycles. The number of likely N-dealkylation sites (tertiary alicyclic amines) is 1. The third-order valence-corrected chi connectivity index (χ3v) is 6.42. The maximum Gasteiger partial charge on any atom is 0.242 e. The lowest BCUT2D eigenvalue weighted by Crippen LogP contribution is -2.47. The number of nitrogens with zero attached hydrogens (tertiary/aromatic N) is 2. The van der Waals surface area contributed by atoms with Gasteiger partial charge in [-0.2, -0.15) is 0 Å². The van der Waals surface area contributed by atoms with Gasteiger partial charge in [-0.15, -0.1) is 11.8 Å². The van der Waals surface area contributed by atoms with Crippen molar-refractivity contribution in [3.8, 4) is 0 Å². The van der Waals surface area contributed by atoms with Crippen LogP contribution in [-0.4, -0.2) is 66.6 Å². The van der Waals surface area contributed by atoms with Gasteiger partial charge < -0.3 is 15.1 Å². The molecule has 1 N–H and O–H groups in total. The number of likely N-dealkylation sites (N-methyl/N-ethyl adjacent to an activating group) is 1. The largest absolute Gasteiger partial charge is 0.357 e. The van der Waals surface area contributed by atoms with Crippen molar-refractivity contribution in [2.45, 2.75) is 43.4 Å². The van der Waals surface area contributed by atoms with Crippen LogP contribution in [0.2, 0.25) is 0 Å². The summed E-state index contributed by atoms with van der Waals surface area (Å²) in [5.41, 5.74) is 1.48. The maximum atomic E-state index is 12.9. The van der Waals surface area contributed by atoms with Crippen LogP contribution in [0.15, 0.2) is 10.5 Å². The average Bonchev–Trinajstić information content (AvgIpc) is 3.13.